The maximum absolute atomic E-state index is 2.30. The van der Waals surface area contributed by atoms with E-state index in [0.29, 0.717) is 0 Å². The molecule has 0 radical (unpaired) electrons. The first-order valence-corrected chi connectivity index (χ1v) is 8.38. The Balaban J connectivity index is 0.00000220. The molecule has 1 nitrogen and oxygen atoms in total. The molecule has 0 saturated heterocycles. The van der Waals surface area contributed by atoms with Crippen LogP contribution in [0.1, 0.15) is 63.9 Å². The number of aryl methyl sites for hydroxylation is 1. The van der Waals surface area contributed by atoms with E-state index in [9.17, 15) is 0 Å². The molecule has 2 rings (SSSR count). The van der Waals surface area contributed by atoms with Crippen molar-refractivity contribution in [1.82, 2.24) is 0 Å². The predicted octanol–water partition coefficient (Wildman–Crippen LogP) is 5.70. The van der Waals surface area contributed by atoms with Crippen LogP contribution in [0.5, 0.6) is 0 Å². The van der Waals surface area contributed by atoms with Crippen molar-refractivity contribution in [3.63, 3.8) is 0 Å². The lowest BCUT2D eigenvalue weighted by molar-refractivity contribution is 0.576. The van der Waals surface area contributed by atoms with Gasteiger partial charge in [0.05, 0.1) is 0 Å². The summed E-state index contributed by atoms with van der Waals surface area (Å²) in [4.78, 5) is 0. The fraction of sp³-hybridized carbons (Fsp3) is 0.500. The van der Waals surface area contributed by atoms with Crippen LogP contribution < -0.4 is 0 Å². The van der Waals surface area contributed by atoms with Crippen molar-refractivity contribution >= 4 is 10.8 Å². The van der Waals surface area contributed by atoms with Gasteiger partial charge < -0.3 is 5.48 Å². The summed E-state index contributed by atoms with van der Waals surface area (Å²) < 4.78 is 0. The van der Waals surface area contributed by atoms with Gasteiger partial charge in [0.2, 0.25) is 0 Å². The minimum Gasteiger partial charge on any atom is -0.412 e. The maximum atomic E-state index is 2.30. The van der Waals surface area contributed by atoms with Gasteiger partial charge in [-0.1, -0.05) is 94.3 Å². The van der Waals surface area contributed by atoms with Crippen LogP contribution in [-0.2, 0) is 6.42 Å². The third-order valence-corrected chi connectivity index (χ3v) is 4.18. The number of fused-ring (bicyclic) bond motifs is 1. The van der Waals surface area contributed by atoms with Crippen molar-refractivity contribution in [2.45, 2.75) is 64.7 Å². The Bertz CT molecular complexity index is 499. The summed E-state index contributed by atoms with van der Waals surface area (Å²) in [6, 6.07) is 15.5. The molecule has 0 heterocycles. The average molecular weight is 286 g/mol. The van der Waals surface area contributed by atoms with Gasteiger partial charge in [0, 0.05) is 0 Å². The molecule has 0 aliphatic carbocycles. The van der Waals surface area contributed by atoms with Gasteiger partial charge in [-0.3, -0.25) is 0 Å². The molecule has 0 aliphatic rings. The molecule has 0 saturated carbocycles. The largest absolute Gasteiger partial charge is 0.412 e. The SMILES string of the molecule is CCCCCCCCCCc1cccc2ccccc12.O. The van der Waals surface area contributed by atoms with Gasteiger partial charge in [-0.05, 0) is 29.2 Å². The highest BCUT2D eigenvalue weighted by molar-refractivity contribution is 5.85. The quantitative estimate of drug-likeness (QED) is 0.530. The first-order chi connectivity index (χ1) is 9.92. The minimum absolute atomic E-state index is 0. The Labute approximate surface area is 129 Å². The summed E-state index contributed by atoms with van der Waals surface area (Å²) in [5, 5.41) is 2.82. The topological polar surface area (TPSA) is 31.5 Å². The monoisotopic (exact) mass is 286 g/mol. The molecule has 21 heavy (non-hydrogen) atoms. The molecule has 0 unspecified atom stereocenters. The van der Waals surface area contributed by atoms with Crippen molar-refractivity contribution in [1.29, 1.82) is 0 Å². The van der Waals surface area contributed by atoms with Gasteiger partial charge in [-0.2, -0.15) is 0 Å². The molecule has 0 aromatic heterocycles. The lowest BCUT2D eigenvalue weighted by Crippen LogP contribution is -1.88. The highest BCUT2D eigenvalue weighted by Gasteiger charge is 2.00. The van der Waals surface area contributed by atoms with E-state index in [1.54, 1.807) is 0 Å². The summed E-state index contributed by atoms with van der Waals surface area (Å²) in [5.74, 6) is 0. The first-order valence-electron chi connectivity index (χ1n) is 8.38. The molecule has 0 spiro atoms. The van der Waals surface area contributed by atoms with Crippen LogP contribution in [0.2, 0.25) is 0 Å². The summed E-state index contributed by atoms with van der Waals surface area (Å²) >= 11 is 0. The zero-order valence-corrected chi connectivity index (χ0v) is 13.4. The molecule has 0 fully saturated rings. The van der Waals surface area contributed by atoms with E-state index in [1.807, 2.05) is 0 Å². The van der Waals surface area contributed by atoms with Crippen molar-refractivity contribution < 1.29 is 5.48 Å². The third-order valence-electron chi connectivity index (χ3n) is 4.18. The molecular weight excluding hydrogens is 256 g/mol. The second-order valence-corrected chi connectivity index (χ2v) is 5.86. The molecule has 0 bridgehead atoms. The van der Waals surface area contributed by atoms with Crippen LogP contribution in [0.25, 0.3) is 10.8 Å². The first kappa shape index (κ1) is 17.7. The van der Waals surface area contributed by atoms with Crippen LogP contribution in [0.3, 0.4) is 0 Å². The lowest BCUT2D eigenvalue weighted by atomic mass is 9.99. The van der Waals surface area contributed by atoms with Gasteiger partial charge in [0.25, 0.3) is 0 Å². The number of benzene rings is 2. The second kappa shape index (κ2) is 10.4. The molecule has 2 aromatic rings. The van der Waals surface area contributed by atoms with Gasteiger partial charge in [-0.15, -0.1) is 0 Å². The molecule has 0 atom stereocenters. The molecule has 116 valence electrons. The Kier molecular flexibility index (Phi) is 8.77. The van der Waals surface area contributed by atoms with Crippen LogP contribution >= 0.6 is 0 Å². The molecule has 2 aromatic carbocycles. The fourth-order valence-corrected chi connectivity index (χ4v) is 2.96. The van der Waals surface area contributed by atoms with Gasteiger partial charge in [0.15, 0.2) is 0 Å². The van der Waals surface area contributed by atoms with E-state index in [-0.39, 0.29) is 5.48 Å². The highest BCUT2D eigenvalue weighted by atomic mass is 16.0. The van der Waals surface area contributed by atoms with Gasteiger partial charge in [-0.25, -0.2) is 0 Å². The summed E-state index contributed by atoms with van der Waals surface area (Å²) in [7, 11) is 0. The predicted molar refractivity (Wildman–Crippen MR) is 93.9 cm³/mol. The van der Waals surface area contributed by atoms with Gasteiger partial charge >= 0.3 is 0 Å². The molecule has 2 N–H and O–H groups in total. The van der Waals surface area contributed by atoms with E-state index >= 15 is 0 Å². The average Bonchev–Trinajstić information content (AvgIpc) is 2.50. The van der Waals surface area contributed by atoms with Crippen LogP contribution in [-0.4, -0.2) is 5.48 Å². The fourth-order valence-electron chi connectivity index (χ4n) is 2.96. The Hall–Kier alpha value is -1.34. The van der Waals surface area contributed by atoms with Crippen LogP contribution in [0.4, 0.5) is 0 Å². The second-order valence-electron chi connectivity index (χ2n) is 5.86. The van der Waals surface area contributed by atoms with Crippen molar-refractivity contribution in [3.05, 3.63) is 48.0 Å². The normalized spacial score (nSPS) is 10.5. The van der Waals surface area contributed by atoms with Crippen molar-refractivity contribution in [2.75, 3.05) is 0 Å². The van der Waals surface area contributed by atoms with Crippen LogP contribution in [0.15, 0.2) is 42.5 Å². The number of rotatable bonds is 9. The third kappa shape index (κ3) is 5.89. The summed E-state index contributed by atoms with van der Waals surface area (Å²) in [6.07, 6.45) is 12.4. The maximum Gasteiger partial charge on any atom is -0.0152 e. The number of unbranched alkanes of at least 4 members (excludes halogenated alkanes) is 7. The van der Waals surface area contributed by atoms with E-state index in [0.717, 1.165) is 0 Å². The minimum atomic E-state index is 0. The highest BCUT2D eigenvalue weighted by Crippen LogP contribution is 2.20. The number of hydrogen-bond donors (Lipinski definition) is 0. The van der Waals surface area contributed by atoms with Crippen molar-refractivity contribution in [3.8, 4) is 0 Å². The zero-order valence-electron chi connectivity index (χ0n) is 13.4. The van der Waals surface area contributed by atoms with Crippen LogP contribution in [0, 0.1) is 0 Å². The Morgan fingerprint density at radius 1 is 0.667 bits per heavy atom. The molecule has 0 amide bonds. The van der Waals surface area contributed by atoms with E-state index in [1.165, 1.54) is 74.1 Å². The van der Waals surface area contributed by atoms with Crippen molar-refractivity contribution in [2.24, 2.45) is 0 Å². The molecule has 1 heteroatoms. The Morgan fingerprint density at radius 3 is 2.05 bits per heavy atom. The van der Waals surface area contributed by atoms with E-state index < -0.39 is 0 Å². The number of hydrogen-bond acceptors (Lipinski definition) is 0. The van der Waals surface area contributed by atoms with E-state index in [2.05, 4.69) is 49.4 Å². The molecule has 0 aliphatic heterocycles. The lowest BCUT2D eigenvalue weighted by Gasteiger charge is -2.06. The van der Waals surface area contributed by atoms with Gasteiger partial charge in [0.1, 0.15) is 0 Å². The Morgan fingerprint density at radius 2 is 1.29 bits per heavy atom. The molecular formula is C20H30O. The smallest absolute Gasteiger partial charge is 0.0152 e. The zero-order chi connectivity index (χ0) is 14.0. The summed E-state index contributed by atoms with van der Waals surface area (Å²) in [5.41, 5.74) is 1.52. The summed E-state index contributed by atoms with van der Waals surface area (Å²) in [6.45, 7) is 2.28. The van der Waals surface area contributed by atoms with E-state index in [4.69, 9.17) is 0 Å². The standard InChI is InChI=1S/C20H28.H2O/c1-2-3-4-5-6-7-8-9-13-18-15-12-16-19-14-10-11-17-20(18)19;/h10-12,14-17H,2-9,13H2,1H3;1H2.